The van der Waals surface area contributed by atoms with Crippen LogP contribution in [0.3, 0.4) is 0 Å². The molecule has 0 saturated carbocycles. The number of aromatic nitrogens is 3. The van der Waals surface area contributed by atoms with Crippen LogP contribution in [0.15, 0.2) is 17.8 Å². The van der Waals surface area contributed by atoms with Crippen molar-refractivity contribution in [3.8, 4) is 0 Å². The summed E-state index contributed by atoms with van der Waals surface area (Å²) in [6.07, 6.45) is 3.65. The second-order valence-electron chi connectivity index (χ2n) is 4.43. The van der Waals surface area contributed by atoms with Crippen LogP contribution in [-0.2, 0) is 6.42 Å². The third-order valence-electron chi connectivity index (χ3n) is 2.60. The summed E-state index contributed by atoms with van der Waals surface area (Å²) in [4.78, 5) is 4.35. The Balaban J connectivity index is 2.06. The number of rotatable bonds is 4. The molecule has 1 unspecified atom stereocenters. The van der Waals surface area contributed by atoms with E-state index in [-0.39, 0.29) is 0 Å². The lowest BCUT2D eigenvalue weighted by molar-refractivity contribution is 0.177. The number of aliphatic hydroxyl groups is 1. The molecule has 0 aliphatic heterocycles. The molecule has 4 nitrogen and oxygen atoms in total. The zero-order valence-electron chi connectivity index (χ0n) is 10.3. The number of thiazole rings is 1. The lowest BCUT2D eigenvalue weighted by atomic mass is 10.1. The van der Waals surface area contributed by atoms with E-state index in [2.05, 4.69) is 23.9 Å². The molecule has 0 radical (unpaired) electrons. The van der Waals surface area contributed by atoms with Crippen LogP contribution >= 0.6 is 11.3 Å². The number of nitrogens with zero attached hydrogens (tertiary/aromatic N) is 3. The first kappa shape index (κ1) is 12.3. The number of aryl methyl sites for hydroxylation is 1. The molecular formula is C12H17N3OS. The molecule has 0 aliphatic rings. The molecule has 2 heterocycles. The fourth-order valence-corrected chi connectivity index (χ4v) is 2.25. The molecule has 2 rings (SSSR count). The largest absolute Gasteiger partial charge is 0.388 e. The zero-order chi connectivity index (χ0) is 12.4. The van der Waals surface area contributed by atoms with Crippen LogP contribution in [-0.4, -0.2) is 19.9 Å². The molecule has 0 bridgehead atoms. The van der Waals surface area contributed by atoms with Gasteiger partial charge in [0.05, 0.1) is 23.0 Å². The summed E-state index contributed by atoms with van der Waals surface area (Å²) >= 11 is 1.61. The Hall–Kier alpha value is -1.20. The molecule has 0 fully saturated rings. The topological polar surface area (TPSA) is 50.9 Å². The maximum Gasteiger partial charge on any atom is 0.0897 e. The summed E-state index contributed by atoms with van der Waals surface area (Å²) in [6.45, 7) is 6.09. The van der Waals surface area contributed by atoms with Crippen molar-refractivity contribution < 1.29 is 5.11 Å². The van der Waals surface area contributed by atoms with E-state index in [1.165, 1.54) is 0 Å². The molecule has 0 saturated heterocycles. The van der Waals surface area contributed by atoms with Gasteiger partial charge in [0, 0.05) is 29.6 Å². The van der Waals surface area contributed by atoms with Gasteiger partial charge in [0.25, 0.3) is 0 Å². The smallest absolute Gasteiger partial charge is 0.0897 e. The minimum Gasteiger partial charge on any atom is -0.388 e. The lowest BCUT2D eigenvalue weighted by Gasteiger charge is -2.06. The molecule has 1 N–H and O–H groups in total. The molecule has 0 aromatic carbocycles. The Morgan fingerprint density at radius 1 is 1.47 bits per heavy atom. The Morgan fingerprint density at radius 2 is 2.24 bits per heavy atom. The maximum atomic E-state index is 10.1. The predicted octanol–water partition coefficient (Wildman–Crippen LogP) is 2.51. The summed E-state index contributed by atoms with van der Waals surface area (Å²) in [5.74, 6) is 0. The van der Waals surface area contributed by atoms with Gasteiger partial charge in [-0.15, -0.1) is 11.3 Å². The van der Waals surface area contributed by atoms with E-state index in [0.29, 0.717) is 12.5 Å². The first-order valence-electron chi connectivity index (χ1n) is 5.69. The van der Waals surface area contributed by atoms with E-state index >= 15 is 0 Å². The molecular weight excluding hydrogens is 234 g/mol. The van der Waals surface area contributed by atoms with Crippen molar-refractivity contribution in [1.29, 1.82) is 0 Å². The van der Waals surface area contributed by atoms with E-state index in [4.69, 9.17) is 0 Å². The average molecular weight is 251 g/mol. The van der Waals surface area contributed by atoms with E-state index in [1.54, 1.807) is 17.5 Å². The van der Waals surface area contributed by atoms with E-state index in [1.807, 2.05) is 23.2 Å². The second kappa shape index (κ2) is 4.98. The van der Waals surface area contributed by atoms with Crippen LogP contribution in [0.1, 0.15) is 42.3 Å². The minimum atomic E-state index is -0.524. The Kier molecular flexibility index (Phi) is 3.59. The SMILES string of the molecule is Cc1nc(CC(O)c2cnn(C(C)C)c2)cs1. The number of hydrogen-bond donors (Lipinski definition) is 1. The van der Waals surface area contributed by atoms with Gasteiger partial charge in [-0.3, -0.25) is 4.68 Å². The van der Waals surface area contributed by atoms with Gasteiger partial charge in [-0.2, -0.15) is 5.10 Å². The molecule has 92 valence electrons. The van der Waals surface area contributed by atoms with Gasteiger partial charge < -0.3 is 5.11 Å². The van der Waals surface area contributed by atoms with Crippen molar-refractivity contribution in [1.82, 2.24) is 14.8 Å². The maximum absolute atomic E-state index is 10.1. The summed E-state index contributed by atoms with van der Waals surface area (Å²) in [6, 6.07) is 0.317. The number of aliphatic hydroxyl groups excluding tert-OH is 1. The minimum absolute atomic E-state index is 0.317. The lowest BCUT2D eigenvalue weighted by Crippen LogP contribution is -2.02. The molecule has 17 heavy (non-hydrogen) atoms. The molecule has 0 aliphatic carbocycles. The Morgan fingerprint density at radius 3 is 2.76 bits per heavy atom. The van der Waals surface area contributed by atoms with Gasteiger partial charge in [-0.1, -0.05) is 0 Å². The van der Waals surface area contributed by atoms with Crippen molar-refractivity contribution >= 4 is 11.3 Å². The van der Waals surface area contributed by atoms with Crippen molar-refractivity contribution in [3.63, 3.8) is 0 Å². The van der Waals surface area contributed by atoms with E-state index in [0.717, 1.165) is 16.3 Å². The standard InChI is InChI=1S/C12H17N3OS/c1-8(2)15-6-10(5-13-15)12(16)4-11-7-17-9(3)14-11/h5-8,12,16H,4H2,1-3H3. The molecule has 0 amide bonds. The molecule has 0 spiro atoms. The quantitative estimate of drug-likeness (QED) is 0.908. The molecule has 5 heteroatoms. The third-order valence-corrected chi connectivity index (χ3v) is 3.43. The fraction of sp³-hybridized carbons (Fsp3) is 0.500. The van der Waals surface area contributed by atoms with E-state index in [9.17, 15) is 5.11 Å². The Labute approximate surface area is 105 Å². The van der Waals surface area contributed by atoms with Gasteiger partial charge >= 0.3 is 0 Å². The van der Waals surface area contributed by atoms with Crippen molar-refractivity contribution in [2.24, 2.45) is 0 Å². The van der Waals surface area contributed by atoms with Crippen LogP contribution < -0.4 is 0 Å². The summed E-state index contributed by atoms with van der Waals surface area (Å²) < 4.78 is 1.85. The van der Waals surface area contributed by atoms with Gasteiger partial charge in [-0.05, 0) is 20.8 Å². The van der Waals surface area contributed by atoms with Crippen LogP contribution in [0.5, 0.6) is 0 Å². The average Bonchev–Trinajstić information content (AvgIpc) is 2.86. The highest BCUT2D eigenvalue weighted by molar-refractivity contribution is 7.09. The van der Waals surface area contributed by atoms with Crippen molar-refractivity contribution in [2.75, 3.05) is 0 Å². The predicted molar refractivity (Wildman–Crippen MR) is 68.1 cm³/mol. The van der Waals surface area contributed by atoms with Gasteiger partial charge in [0.15, 0.2) is 0 Å². The van der Waals surface area contributed by atoms with Crippen LogP contribution in [0.25, 0.3) is 0 Å². The van der Waals surface area contributed by atoms with Crippen LogP contribution in [0.4, 0.5) is 0 Å². The highest BCUT2D eigenvalue weighted by Gasteiger charge is 2.13. The molecule has 2 aromatic heterocycles. The normalized spacial score (nSPS) is 13.2. The highest BCUT2D eigenvalue weighted by Crippen LogP contribution is 2.20. The van der Waals surface area contributed by atoms with E-state index < -0.39 is 6.10 Å². The summed E-state index contributed by atoms with van der Waals surface area (Å²) in [7, 11) is 0. The highest BCUT2D eigenvalue weighted by atomic mass is 32.1. The van der Waals surface area contributed by atoms with Crippen LogP contribution in [0, 0.1) is 6.92 Å². The van der Waals surface area contributed by atoms with Crippen LogP contribution in [0.2, 0.25) is 0 Å². The summed E-state index contributed by atoms with van der Waals surface area (Å²) in [5, 5.41) is 17.3. The molecule has 2 aromatic rings. The second-order valence-corrected chi connectivity index (χ2v) is 5.49. The number of hydrogen-bond acceptors (Lipinski definition) is 4. The van der Waals surface area contributed by atoms with Gasteiger partial charge in [0.1, 0.15) is 0 Å². The van der Waals surface area contributed by atoms with Gasteiger partial charge in [-0.25, -0.2) is 4.98 Å². The first-order valence-corrected chi connectivity index (χ1v) is 6.57. The zero-order valence-corrected chi connectivity index (χ0v) is 11.1. The van der Waals surface area contributed by atoms with Gasteiger partial charge in [0.2, 0.25) is 0 Å². The third kappa shape index (κ3) is 2.92. The summed E-state index contributed by atoms with van der Waals surface area (Å²) in [5.41, 5.74) is 1.79. The van der Waals surface area contributed by atoms with Crippen molar-refractivity contribution in [2.45, 2.75) is 39.3 Å². The van der Waals surface area contributed by atoms with Crippen molar-refractivity contribution in [3.05, 3.63) is 34.0 Å². The first-order chi connectivity index (χ1) is 8.06. The molecule has 1 atom stereocenters. The Bertz CT molecular complexity index is 489. The monoisotopic (exact) mass is 251 g/mol. The fourth-order valence-electron chi connectivity index (χ4n) is 1.63.